The number of aromatic nitrogens is 1. The van der Waals surface area contributed by atoms with Gasteiger partial charge in [-0.05, 0) is 43.6 Å². The van der Waals surface area contributed by atoms with E-state index < -0.39 is 0 Å². The van der Waals surface area contributed by atoms with Crippen molar-refractivity contribution >= 4 is 0 Å². The molecule has 1 aromatic heterocycles. The molecule has 1 aromatic carbocycles. The maximum Gasteiger partial charge on any atom is 0.219 e. The molecule has 0 amide bonds. The van der Waals surface area contributed by atoms with Gasteiger partial charge in [-0.15, -0.1) is 0 Å². The fraction of sp³-hybridized carbons (Fsp3) is 0.389. The van der Waals surface area contributed by atoms with Gasteiger partial charge in [0, 0.05) is 18.3 Å². The number of likely N-dealkylation sites (tertiary alicyclic amines) is 1. The van der Waals surface area contributed by atoms with Crippen molar-refractivity contribution in [2.75, 3.05) is 13.1 Å². The molecule has 0 unspecified atom stereocenters. The van der Waals surface area contributed by atoms with Crippen LogP contribution in [0.1, 0.15) is 37.8 Å². The van der Waals surface area contributed by atoms with Crippen molar-refractivity contribution in [3.05, 3.63) is 54.2 Å². The van der Waals surface area contributed by atoms with E-state index in [4.69, 9.17) is 4.74 Å². The largest absolute Gasteiger partial charge is 0.439 e. The van der Waals surface area contributed by atoms with Crippen molar-refractivity contribution in [1.29, 1.82) is 0 Å². The molecule has 0 spiro atoms. The van der Waals surface area contributed by atoms with Crippen molar-refractivity contribution in [2.24, 2.45) is 0 Å². The Labute approximate surface area is 126 Å². The lowest BCUT2D eigenvalue weighted by molar-refractivity contribution is 0.157. The van der Waals surface area contributed by atoms with Crippen LogP contribution in [0.2, 0.25) is 0 Å². The summed E-state index contributed by atoms with van der Waals surface area (Å²) in [6, 6.07) is 14.4. The lowest BCUT2D eigenvalue weighted by Gasteiger charge is -2.35. The first kappa shape index (κ1) is 14.1. The summed E-state index contributed by atoms with van der Waals surface area (Å²) in [5, 5.41) is 0. The summed E-state index contributed by atoms with van der Waals surface area (Å²) in [6.07, 6.45) is 5.82. The van der Waals surface area contributed by atoms with Gasteiger partial charge in [0.05, 0.1) is 0 Å². The molecule has 1 fully saturated rings. The average molecular weight is 282 g/mol. The first-order valence-corrected chi connectivity index (χ1v) is 7.79. The van der Waals surface area contributed by atoms with Gasteiger partial charge < -0.3 is 4.74 Å². The van der Waals surface area contributed by atoms with E-state index in [1.807, 2.05) is 42.6 Å². The molecule has 3 heteroatoms. The standard InChI is InChI=1S/C18H22N2O/c1-2-20-13-7-6-10-17(20)15-11-12-18(19-14-15)21-16-8-4-3-5-9-16/h3-5,8-9,11-12,14,17H,2,6-7,10,13H2,1H3/t17-/m1/s1. The summed E-state index contributed by atoms with van der Waals surface area (Å²) >= 11 is 0. The fourth-order valence-electron chi connectivity index (χ4n) is 3.01. The van der Waals surface area contributed by atoms with E-state index in [0.29, 0.717) is 11.9 Å². The highest BCUT2D eigenvalue weighted by atomic mass is 16.5. The highest BCUT2D eigenvalue weighted by molar-refractivity contribution is 5.28. The van der Waals surface area contributed by atoms with Gasteiger partial charge in [-0.25, -0.2) is 4.98 Å². The number of pyridine rings is 1. The first-order valence-electron chi connectivity index (χ1n) is 7.79. The molecular formula is C18H22N2O. The van der Waals surface area contributed by atoms with Gasteiger partial charge in [0.2, 0.25) is 5.88 Å². The van der Waals surface area contributed by atoms with Crippen LogP contribution in [0.15, 0.2) is 48.7 Å². The van der Waals surface area contributed by atoms with Crippen LogP contribution < -0.4 is 4.74 Å². The molecule has 0 saturated carbocycles. The quantitative estimate of drug-likeness (QED) is 0.830. The van der Waals surface area contributed by atoms with Gasteiger partial charge in [-0.1, -0.05) is 37.6 Å². The summed E-state index contributed by atoms with van der Waals surface area (Å²) in [5.74, 6) is 1.48. The van der Waals surface area contributed by atoms with E-state index in [1.165, 1.54) is 31.4 Å². The lowest BCUT2D eigenvalue weighted by atomic mass is 9.96. The molecule has 0 bridgehead atoms. The molecule has 0 N–H and O–H groups in total. The number of piperidine rings is 1. The summed E-state index contributed by atoms with van der Waals surface area (Å²) in [7, 11) is 0. The molecule has 1 aliphatic rings. The second-order valence-electron chi connectivity index (χ2n) is 5.49. The third-order valence-corrected chi connectivity index (χ3v) is 4.13. The van der Waals surface area contributed by atoms with Crippen molar-refractivity contribution < 1.29 is 4.74 Å². The molecule has 1 saturated heterocycles. The smallest absolute Gasteiger partial charge is 0.219 e. The van der Waals surface area contributed by atoms with Crippen molar-refractivity contribution in [2.45, 2.75) is 32.2 Å². The number of nitrogens with zero attached hydrogens (tertiary/aromatic N) is 2. The Morgan fingerprint density at radius 1 is 1.14 bits per heavy atom. The summed E-state index contributed by atoms with van der Waals surface area (Å²) in [6.45, 7) is 4.54. The Balaban J connectivity index is 1.71. The number of hydrogen-bond acceptors (Lipinski definition) is 3. The van der Waals surface area contributed by atoms with Crippen LogP contribution in [0.3, 0.4) is 0 Å². The third kappa shape index (κ3) is 3.42. The fourth-order valence-corrected chi connectivity index (χ4v) is 3.01. The minimum atomic E-state index is 0.516. The SMILES string of the molecule is CCN1CCCC[C@@H]1c1ccc(Oc2ccccc2)nc1. The highest BCUT2D eigenvalue weighted by Gasteiger charge is 2.22. The maximum absolute atomic E-state index is 5.75. The van der Waals surface area contributed by atoms with Crippen LogP contribution in [0.25, 0.3) is 0 Å². The summed E-state index contributed by atoms with van der Waals surface area (Å²) in [4.78, 5) is 7.01. The highest BCUT2D eigenvalue weighted by Crippen LogP contribution is 2.31. The van der Waals surface area contributed by atoms with Gasteiger partial charge in [0.25, 0.3) is 0 Å². The molecule has 110 valence electrons. The molecule has 21 heavy (non-hydrogen) atoms. The van der Waals surface area contributed by atoms with E-state index in [9.17, 15) is 0 Å². The number of rotatable bonds is 4. The predicted molar refractivity (Wildman–Crippen MR) is 84.6 cm³/mol. The van der Waals surface area contributed by atoms with Gasteiger partial charge in [0.1, 0.15) is 5.75 Å². The average Bonchev–Trinajstić information content (AvgIpc) is 2.56. The minimum absolute atomic E-state index is 0.516. The van der Waals surface area contributed by atoms with Crippen LogP contribution in [0.4, 0.5) is 0 Å². The molecular weight excluding hydrogens is 260 g/mol. The number of ether oxygens (including phenoxy) is 1. The number of hydrogen-bond donors (Lipinski definition) is 0. The van der Waals surface area contributed by atoms with Crippen molar-refractivity contribution in [3.63, 3.8) is 0 Å². The monoisotopic (exact) mass is 282 g/mol. The Hall–Kier alpha value is -1.87. The summed E-state index contributed by atoms with van der Waals surface area (Å²) in [5.41, 5.74) is 1.30. The molecule has 2 heterocycles. The van der Waals surface area contributed by atoms with Gasteiger partial charge in [-0.2, -0.15) is 0 Å². The first-order chi connectivity index (χ1) is 10.4. The van der Waals surface area contributed by atoms with Crippen LogP contribution in [0.5, 0.6) is 11.6 Å². The van der Waals surface area contributed by atoms with Crippen LogP contribution >= 0.6 is 0 Å². The van der Waals surface area contributed by atoms with Gasteiger partial charge >= 0.3 is 0 Å². The molecule has 0 aliphatic carbocycles. The molecule has 2 aromatic rings. The molecule has 3 rings (SSSR count). The van der Waals surface area contributed by atoms with E-state index >= 15 is 0 Å². The van der Waals surface area contributed by atoms with Crippen LogP contribution in [0, 0.1) is 0 Å². The zero-order valence-corrected chi connectivity index (χ0v) is 12.5. The van der Waals surface area contributed by atoms with Gasteiger partial charge in [-0.3, -0.25) is 4.90 Å². The van der Waals surface area contributed by atoms with E-state index in [2.05, 4.69) is 22.9 Å². The van der Waals surface area contributed by atoms with Gasteiger partial charge in [0.15, 0.2) is 0 Å². The number of benzene rings is 1. The normalized spacial score (nSPS) is 19.4. The Morgan fingerprint density at radius 3 is 2.71 bits per heavy atom. The predicted octanol–water partition coefficient (Wildman–Crippen LogP) is 4.42. The Morgan fingerprint density at radius 2 is 2.00 bits per heavy atom. The third-order valence-electron chi connectivity index (χ3n) is 4.13. The summed E-state index contributed by atoms with van der Waals surface area (Å²) < 4.78 is 5.75. The second-order valence-corrected chi connectivity index (χ2v) is 5.49. The van der Waals surface area contributed by atoms with E-state index in [1.54, 1.807) is 0 Å². The van der Waals surface area contributed by atoms with E-state index in [-0.39, 0.29) is 0 Å². The maximum atomic E-state index is 5.75. The van der Waals surface area contributed by atoms with Crippen molar-refractivity contribution in [1.82, 2.24) is 9.88 Å². The van der Waals surface area contributed by atoms with Crippen LogP contribution in [-0.2, 0) is 0 Å². The lowest BCUT2D eigenvalue weighted by Crippen LogP contribution is -2.33. The Bertz CT molecular complexity index is 553. The van der Waals surface area contributed by atoms with Crippen molar-refractivity contribution in [3.8, 4) is 11.6 Å². The molecule has 1 aliphatic heterocycles. The molecule has 3 nitrogen and oxygen atoms in total. The topological polar surface area (TPSA) is 25.4 Å². The minimum Gasteiger partial charge on any atom is -0.439 e. The zero-order valence-electron chi connectivity index (χ0n) is 12.5. The Kier molecular flexibility index (Phi) is 4.51. The zero-order chi connectivity index (χ0) is 14.5. The second kappa shape index (κ2) is 6.72. The molecule has 1 atom stereocenters. The molecule has 0 radical (unpaired) electrons. The number of para-hydroxylation sites is 1. The van der Waals surface area contributed by atoms with Crippen LogP contribution in [-0.4, -0.2) is 23.0 Å². The van der Waals surface area contributed by atoms with E-state index in [0.717, 1.165) is 12.3 Å².